The Balaban J connectivity index is 2.58. The van der Waals surface area contributed by atoms with Gasteiger partial charge in [0.05, 0.1) is 0 Å². The van der Waals surface area contributed by atoms with Crippen molar-refractivity contribution in [1.29, 1.82) is 0 Å². The van der Waals surface area contributed by atoms with Crippen LogP contribution in [0, 0.1) is 0 Å². The fourth-order valence-electron chi connectivity index (χ4n) is 2.18. The van der Waals surface area contributed by atoms with Crippen LogP contribution in [0.2, 0.25) is 0 Å². The fraction of sp³-hybridized carbons (Fsp3) is 0.625. The van der Waals surface area contributed by atoms with Crippen LogP contribution in [0.5, 0.6) is 0 Å². The van der Waals surface area contributed by atoms with Crippen molar-refractivity contribution in [2.24, 2.45) is 0 Å². The standard InChI is InChI=1S/C16H28N2/c1-5-7-12-18(4)13-16(17-3)15-10-8-14(6-2)9-11-15/h8-11,16-17H,5-7,12-13H2,1-4H3. The zero-order valence-corrected chi connectivity index (χ0v) is 12.4. The molecule has 0 amide bonds. The van der Waals surface area contributed by atoms with E-state index in [1.807, 2.05) is 7.05 Å². The van der Waals surface area contributed by atoms with E-state index >= 15 is 0 Å². The molecule has 18 heavy (non-hydrogen) atoms. The molecule has 0 aliphatic rings. The zero-order valence-electron chi connectivity index (χ0n) is 12.4. The first-order chi connectivity index (χ1) is 8.71. The Labute approximate surface area is 112 Å². The van der Waals surface area contributed by atoms with Gasteiger partial charge in [0.2, 0.25) is 0 Å². The average Bonchev–Trinajstić information content (AvgIpc) is 2.42. The van der Waals surface area contributed by atoms with Crippen molar-refractivity contribution in [3.63, 3.8) is 0 Å². The van der Waals surface area contributed by atoms with Gasteiger partial charge in [-0.05, 0) is 44.6 Å². The predicted octanol–water partition coefficient (Wildman–Crippen LogP) is 3.24. The molecule has 2 nitrogen and oxygen atoms in total. The summed E-state index contributed by atoms with van der Waals surface area (Å²) in [4.78, 5) is 2.42. The second kappa shape index (κ2) is 8.28. The van der Waals surface area contributed by atoms with Crippen LogP contribution in [0.25, 0.3) is 0 Å². The van der Waals surface area contributed by atoms with Crippen molar-refractivity contribution in [1.82, 2.24) is 10.2 Å². The molecule has 1 aromatic carbocycles. The molecule has 0 radical (unpaired) electrons. The first-order valence-electron chi connectivity index (χ1n) is 7.15. The summed E-state index contributed by atoms with van der Waals surface area (Å²) in [5.74, 6) is 0. The summed E-state index contributed by atoms with van der Waals surface area (Å²) in [6.45, 7) is 6.69. The van der Waals surface area contributed by atoms with Crippen LogP contribution in [-0.4, -0.2) is 32.1 Å². The number of rotatable bonds is 8. The average molecular weight is 248 g/mol. The lowest BCUT2D eigenvalue weighted by Gasteiger charge is -2.24. The molecule has 0 spiro atoms. The molecule has 0 heterocycles. The van der Waals surface area contributed by atoms with Gasteiger partial charge >= 0.3 is 0 Å². The van der Waals surface area contributed by atoms with Crippen LogP contribution < -0.4 is 5.32 Å². The van der Waals surface area contributed by atoms with Gasteiger partial charge in [0.15, 0.2) is 0 Å². The highest BCUT2D eigenvalue weighted by Gasteiger charge is 2.11. The van der Waals surface area contributed by atoms with Crippen LogP contribution in [0.4, 0.5) is 0 Å². The Bertz CT molecular complexity index is 318. The molecular weight excluding hydrogens is 220 g/mol. The van der Waals surface area contributed by atoms with Crippen molar-refractivity contribution >= 4 is 0 Å². The smallest absolute Gasteiger partial charge is 0.0446 e. The van der Waals surface area contributed by atoms with Crippen LogP contribution >= 0.6 is 0 Å². The Kier molecular flexibility index (Phi) is 6.99. The second-order valence-corrected chi connectivity index (χ2v) is 5.05. The molecule has 0 bridgehead atoms. The van der Waals surface area contributed by atoms with Gasteiger partial charge in [-0.3, -0.25) is 0 Å². The van der Waals surface area contributed by atoms with Gasteiger partial charge in [0, 0.05) is 12.6 Å². The van der Waals surface area contributed by atoms with Crippen LogP contribution in [0.15, 0.2) is 24.3 Å². The third kappa shape index (κ3) is 4.79. The normalized spacial score (nSPS) is 12.9. The summed E-state index contributed by atoms with van der Waals surface area (Å²) in [6, 6.07) is 9.43. The molecule has 2 heteroatoms. The van der Waals surface area contributed by atoms with Crippen LogP contribution in [0.3, 0.4) is 0 Å². The Morgan fingerprint density at radius 2 is 1.83 bits per heavy atom. The third-order valence-corrected chi connectivity index (χ3v) is 3.53. The quantitative estimate of drug-likeness (QED) is 0.760. The van der Waals surface area contributed by atoms with E-state index in [-0.39, 0.29) is 0 Å². The molecule has 0 saturated carbocycles. The summed E-state index contributed by atoms with van der Waals surface area (Å²) in [6.07, 6.45) is 3.66. The van der Waals surface area contributed by atoms with Gasteiger partial charge in [-0.2, -0.15) is 0 Å². The maximum absolute atomic E-state index is 3.42. The highest BCUT2D eigenvalue weighted by atomic mass is 15.1. The third-order valence-electron chi connectivity index (χ3n) is 3.53. The van der Waals surface area contributed by atoms with Crippen LogP contribution in [-0.2, 0) is 6.42 Å². The van der Waals surface area contributed by atoms with Crippen molar-refractivity contribution in [2.75, 3.05) is 27.2 Å². The first-order valence-corrected chi connectivity index (χ1v) is 7.15. The van der Waals surface area contributed by atoms with E-state index in [9.17, 15) is 0 Å². The van der Waals surface area contributed by atoms with Gasteiger partial charge < -0.3 is 10.2 Å². The highest BCUT2D eigenvalue weighted by Crippen LogP contribution is 2.15. The molecular formula is C16H28N2. The number of aryl methyl sites for hydroxylation is 1. The molecule has 0 aliphatic heterocycles. The second-order valence-electron chi connectivity index (χ2n) is 5.05. The lowest BCUT2D eigenvalue weighted by molar-refractivity contribution is 0.292. The van der Waals surface area contributed by atoms with E-state index in [0.29, 0.717) is 6.04 Å². The summed E-state index contributed by atoms with van der Waals surface area (Å²) >= 11 is 0. The molecule has 0 saturated heterocycles. The maximum atomic E-state index is 3.42. The van der Waals surface area contributed by atoms with Gasteiger partial charge in [0.1, 0.15) is 0 Å². The van der Waals surface area contributed by atoms with E-state index in [1.54, 1.807) is 0 Å². The Morgan fingerprint density at radius 3 is 2.33 bits per heavy atom. The van der Waals surface area contributed by atoms with Gasteiger partial charge in [0.25, 0.3) is 0 Å². The zero-order chi connectivity index (χ0) is 13.4. The number of nitrogens with zero attached hydrogens (tertiary/aromatic N) is 1. The van der Waals surface area contributed by atoms with Gasteiger partial charge in [-0.1, -0.05) is 44.5 Å². The molecule has 1 aromatic rings. The molecule has 1 unspecified atom stereocenters. The van der Waals surface area contributed by atoms with E-state index in [0.717, 1.165) is 13.0 Å². The topological polar surface area (TPSA) is 15.3 Å². The molecule has 0 aromatic heterocycles. The monoisotopic (exact) mass is 248 g/mol. The van der Waals surface area contributed by atoms with Gasteiger partial charge in [-0.25, -0.2) is 0 Å². The number of hydrogen-bond donors (Lipinski definition) is 1. The minimum Gasteiger partial charge on any atom is -0.312 e. The summed E-state index contributed by atoms with van der Waals surface area (Å²) in [7, 11) is 4.26. The molecule has 0 aliphatic carbocycles. The minimum absolute atomic E-state index is 0.428. The predicted molar refractivity (Wildman–Crippen MR) is 80.0 cm³/mol. The Morgan fingerprint density at radius 1 is 1.17 bits per heavy atom. The van der Waals surface area contributed by atoms with Crippen molar-refractivity contribution in [3.8, 4) is 0 Å². The molecule has 0 fully saturated rings. The molecule has 1 atom stereocenters. The number of hydrogen-bond acceptors (Lipinski definition) is 2. The summed E-state index contributed by atoms with van der Waals surface area (Å²) in [5, 5.41) is 3.42. The number of benzene rings is 1. The van der Waals surface area contributed by atoms with E-state index in [2.05, 4.69) is 55.4 Å². The van der Waals surface area contributed by atoms with Gasteiger partial charge in [-0.15, -0.1) is 0 Å². The molecule has 1 N–H and O–H groups in total. The SMILES string of the molecule is CCCCN(C)CC(NC)c1ccc(CC)cc1. The highest BCUT2D eigenvalue weighted by molar-refractivity contribution is 5.25. The van der Waals surface area contributed by atoms with E-state index < -0.39 is 0 Å². The number of nitrogens with one attached hydrogen (secondary N) is 1. The minimum atomic E-state index is 0.428. The fourth-order valence-corrected chi connectivity index (χ4v) is 2.18. The van der Waals surface area contributed by atoms with E-state index in [1.165, 1.54) is 30.5 Å². The lowest BCUT2D eigenvalue weighted by Crippen LogP contribution is -2.31. The lowest BCUT2D eigenvalue weighted by atomic mass is 10.0. The number of likely N-dealkylation sites (N-methyl/N-ethyl adjacent to an activating group) is 2. The first kappa shape index (κ1) is 15.2. The van der Waals surface area contributed by atoms with Crippen molar-refractivity contribution < 1.29 is 0 Å². The van der Waals surface area contributed by atoms with E-state index in [4.69, 9.17) is 0 Å². The number of unbranched alkanes of at least 4 members (excludes halogenated alkanes) is 1. The van der Waals surface area contributed by atoms with Crippen molar-refractivity contribution in [3.05, 3.63) is 35.4 Å². The summed E-state index contributed by atoms with van der Waals surface area (Å²) < 4.78 is 0. The summed E-state index contributed by atoms with van der Waals surface area (Å²) in [5.41, 5.74) is 2.80. The Hall–Kier alpha value is -0.860. The molecule has 102 valence electrons. The largest absolute Gasteiger partial charge is 0.312 e. The maximum Gasteiger partial charge on any atom is 0.0446 e. The molecule has 1 rings (SSSR count). The van der Waals surface area contributed by atoms with Crippen LogP contribution in [0.1, 0.15) is 43.9 Å². The van der Waals surface area contributed by atoms with Crippen molar-refractivity contribution in [2.45, 2.75) is 39.2 Å².